The summed E-state index contributed by atoms with van der Waals surface area (Å²) in [4.78, 5) is 88.4. The second-order valence-corrected chi connectivity index (χ2v) is 10.8. The first-order valence-corrected chi connectivity index (χ1v) is 14.8. The molecule has 5 atom stereocenters. The minimum Gasteiger partial charge on any atom is -0.480 e. The van der Waals surface area contributed by atoms with E-state index in [0.717, 1.165) is 16.5 Å². The number of aromatic nitrogens is 1. The van der Waals surface area contributed by atoms with Crippen molar-refractivity contribution in [2.75, 3.05) is 18.8 Å². The number of carbonyl (C=O) groups excluding carboxylic acids is 6. The molecule has 6 amide bonds. The van der Waals surface area contributed by atoms with Crippen LogP contribution in [0.25, 0.3) is 10.9 Å². The van der Waals surface area contributed by atoms with E-state index in [0.29, 0.717) is 6.42 Å². The fraction of sp³-hybridized carbons (Fsp3) is 0.464. The van der Waals surface area contributed by atoms with Gasteiger partial charge in [-0.3, -0.25) is 28.8 Å². The van der Waals surface area contributed by atoms with Crippen LogP contribution in [0.4, 0.5) is 0 Å². The Balaban J connectivity index is 1.88. The van der Waals surface area contributed by atoms with Crippen LogP contribution in [0, 0.1) is 5.92 Å². The van der Waals surface area contributed by atoms with Gasteiger partial charge in [0.2, 0.25) is 35.4 Å². The van der Waals surface area contributed by atoms with E-state index >= 15 is 0 Å². The molecule has 16 nitrogen and oxygen atoms in total. The smallest absolute Gasteiger partial charge is 0.326 e. The number of nitrogens with two attached hydrogens (primary N) is 2. The highest BCUT2D eigenvalue weighted by Gasteiger charge is 2.29. The molecule has 0 aliphatic rings. The van der Waals surface area contributed by atoms with Gasteiger partial charge in [0.15, 0.2) is 0 Å². The van der Waals surface area contributed by atoms with Crippen LogP contribution in [-0.2, 0) is 40.0 Å². The Morgan fingerprint density at radius 3 is 2.13 bits per heavy atom. The molecule has 0 fully saturated rings. The lowest BCUT2D eigenvalue weighted by Crippen LogP contribution is -2.56. The molecule has 0 aliphatic heterocycles. The van der Waals surface area contributed by atoms with Gasteiger partial charge in [-0.1, -0.05) is 38.5 Å². The molecule has 0 unspecified atom stereocenters. The number of nitrogens with one attached hydrogen (secondary N) is 6. The van der Waals surface area contributed by atoms with Gasteiger partial charge in [0.05, 0.1) is 25.6 Å². The molecule has 0 saturated carbocycles. The van der Waals surface area contributed by atoms with Crippen LogP contribution in [0.1, 0.15) is 32.3 Å². The zero-order valence-electron chi connectivity index (χ0n) is 24.9. The second kappa shape index (κ2) is 17.6. The number of rotatable bonds is 18. The third-order valence-electron chi connectivity index (χ3n) is 6.96. The Morgan fingerprint density at radius 1 is 0.911 bits per heavy atom. The summed E-state index contributed by atoms with van der Waals surface area (Å²) in [6, 6.07) is 2.69. The first-order valence-electron chi connectivity index (χ1n) is 14.1. The molecule has 1 aromatic heterocycles. The molecule has 45 heavy (non-hydrogen) atoms. The highest BCUT2D eigenvalue weighted by Crippen LogP contribution is 2.18. The predicted octanol–water partition coefficient (Wildman–Crippen LogP) is -2.34. The minimum atomic E-state index is -1.60. The number of thiol groups is 1. The van der Waals surface area contributed by atoms with E-state index in [2.05, 4.69) is 44.2 Å². The van der Waals surface area contributed by atoms with E-state index in [1.165, 1.54) is 0 Å². The number of carboxylic acid groups (broad SMARTS) is 1. The highest BCUT2D eigenvalue weighted by molar-refractivity contribution is 7.80. The maximum atomic E-state index is 12.9. The maximum Gasteiger partial charge on any atom is 0.326 e. The molecule has 0 saturated heterocycles. The van der Waals surface area contributed by atoms with Crippen LogP contribution < -0.4 is 38.1 Å². The van der Waals surface area contributed by atoms with Crippen molar-refractivity contribution in [3.8, 4) is 0 Å². The number of primary amides is 1. The van der Waals surface area contributed by atoms with Gasteiger partial charge in [0.25, 0.3) is 0 Å². The lowest BCUT2D eigenvalue weighted by molar-refractivity contribution is -0.143. The van der Waals surface area contributed by atoms with Gasteiger partial charge < -0.3 is 48.1 Å². The van der Waals surface area contributed by atoms with Gasteiger partial charge >= 0.3 is 5.97 Å². The van der Waals surface area contributed by atoms with Crippen molar-refractivity contribution in [2.45, 2.75) is 57.3 Å². The molecule has 0 bridgehead atoms. The number of amides is 6. The van der Waals surface area contributed by atoms with Crippen molar-refractivity contribution in [3.05, 3.63) is 36.0 Å². The Hall–Kier alpha value is -4.64. The van der Waals surface area contributed by atoms with Crippen LogP contribution >= 0.6 is 12.6 Å². The van der Waals surface area contributed by atoms with Crippen LogP contribution in [0.15, 0.2) is 30.5 Å². The lowest BCUT2D eigenvalue weighted by Gasteiger charge is -2.24. The molecule has 2 aromatic rings. The van der Waals surface area contributed by atoms with Crippen LogP contribution in [0.3, 0.4) is 0 Å². The monoisotopic (exact) mass is 648 g/mol. The third kappa shape index (κ3) is 11.4. The molecule has 0 aliphatic carbocycles. The number of carboxylic acids is 1. The van der Waals surface area contributed by atoms with Crippen LogP contribution in [-0.4, -0.2) is 94.5 Å². The Bertz CT molecular complexity index is 1400. The van der Waals surface area contributed by atoms with Gasteiger partial charge in [0, 0.05) is 22.9 Å². The van der Waals surface area contributed by atoms with Crippen molar-refractivity contribution in [1.82, 2.24) is 31.6 Å². The molecule has 17 heteroatoms. The molecular formula is C28H40N8O8S. The number of benzene rings is 1. The molecular weight excluding hydrogens is 608 g/mol. The van der Waals surface area contributed by atoms with E-state index < -0.39 is 85.1 Å². The second-order valence-electron chi connectivity index (χ2n) is 10.4. The molecule has 2 rings (SSSR count). The average Bonchev–Trinajstić information content (AvgIpc) is 3.41. The number of para-hydroxylation sites is 1. The lowest BCUT2D eigenvalue weighted by atomic mass is 9.98. The van der Waals surface area contributed by atoms with Crippen molar-refractivity contribution in [1.29, 1.82) is 0 Å². The third-order valence-corrected chi connectivity index (χ3v) is 7.33. The SMILES string of the molecule is CC[C@H](C)[C@H](NC(=O)CNC(=O)[C@@H](N)Cc1c[nH]c2ccccc12)C(=O)NCC(=O)N[C@@H](CS)C(=O)N[C@@H](CC(N)=O)C(=O)O. The fourth-order valence-electron chi connectivity index (χ4n) is 4.25. The maximum absolute atomic E-state index is 12.9. The average molecular weight is 649 g/mol. The zero-order chi connectivity index (χ0) is 33.7. The van der Waals surface area contributed by atoms with Crippen molar-refractivity contribution < 1.29 is 38.7 Å². The minimum absolute atomic E-state index is 0.225. The Kier molecular flexibility index (Phi) is 14.3. The first kappa shape index (κ1) is 36.6. The van der Waals surface area contributed by atoms with E-state index in [1.54, 1.807) is 20.0 Å². The number of hydrogen-bond donors (Lipinski definition) is 10. The number of fused-ring (bicyclic) bond motifs is 1. The van der Waals surface area contributed by atoms with Crippen LogP contribution in [0.5, 0.6) is 0 Å². The van der Waals surface area contributed by atoms with E-state index in [4.69, 9.17) is 16.6 Å². The largest absolute Gasteiger partial charge is 0.480 e. The summed E-state index contributed by atoms with van der Waals surface area (Å²) in [6.07, 6.45) is 1.84. The van der Waals surface area contributed by atoms with Gasteiger partial charge in [-0.2, -0.15) is 12.6 Å². The molecule has 0 spiro atoms. The van der Waals surface area contributed by atoms with E-state index in [-0.39, 0.29) is 18.1 Å². The Labute approximate surface area is 264 Å². The molecule has 1 heterocycles. The topological polar surface area (TPSA) is 268 Å². The predicted molar refractivity (Wildman–Crippen MR) is 167 cm³/mol. The van der Waals surface area contributed by atoms with Gasteiger partial charge in [-0.25, -0.2) is 4.79 Å². The quantitative estimate of drug-likeness (QED) is 0.0775. The summed E-state index contributed by atoms with van der Waals surface area (Å²) in [7, 11) is 0. The molecule has 0 radical (unpaired) electrons. The molecule has 11 N–H and O–H groups in total. The van der Waals surface area contributed by atoms with E-state index in [1.807, 2.05) is 24.3 Å². The number of aliphatic carboxylic acids is 1. The number of hydrogen-bond acceptors (Lipinski definition) is 9. The van der Waals surface area contributed by atoms with Crippen molar-refractivity contribution in [3.63, 3.8) is 0 Å². The van der Waals surface area contributed by atoms with E-state index in [9.17, 15) is 33.6 Å². The van der Waals surface area contributed by atoms with Crippen molar-refractivity contribution in [2.24, 2.45) is 17.4 Å². The normalized spacial score (nSPS) is 14.2. The van der Waals surface area contributed by atoms with Gasteiger partial charge in [0.1, 0.15) is 18.1 Å². The summed E-state index contributed by atoms with van der Waals surface area (Å²) in [5.41, 5.74) is 12.8. The summed E-state index contributed by atoms with van der Waals surface area (Å²) in [5, 5.41) is 21.9. The van der Waals surface area contributed by atoms with Crippen molar-refractivity contribution >= 4 is 64.9 Å². The zero-order valence-corrected chi connectivity index (χ0v) is 25.8. The molecule has 246 valence electrons. The fourth-order valence-corrected chi connectivity index (χ4v) is 4.50. The number of H-pyrrole nitrogens is 1. The number of aromatic amines is 1. The van der Waals surface area contributed by atoms with Gasteiger partial charge in [-0.15, -0.1) is 0 Å². The summed E-state index contributed by atoms with van der Waals surface area (Å²) in [5.74, 6) is -6.64. The first-order chi connectivity index (χ1) is 21.3. The van der Waals surface area contributed by atoms with Gasteiger partial charge in [-0.05, 0) is 24.0 Å². The molecule has 1 aromatic carbocycles. The summed E-state index contributed by atoms with van der Waals surface area (Å²) in [6.45, 7) is 2.50. The standard InChI is InChI=1S/C28H40N8O8S/c1-3-14(2)24(27(42)33-11-22(38)34-20(13-45)26(41)35-19(28(43)44)9-21(30)37)36-23(39)12-32-25(40)17(29)8-15-10-31-18-7-5-4-6-16(15)18/h4-7,10,14,17,19-20,24,31,45H,3,8-9,11-13,29H2,1-2H3,(H2,30,37)(H,32,40)(H,33,42)(H,34,38)(H,35,41)(H,36,39)(H,43,44)/t14-,17-,19-,20-,24-/m0/s1. The summed E-state index contributed by atoms with van der Waals surface area (Å²) >= 11 is 3.99. The Morgan fingerprint density at radius 2 is 1.53 bits per heavy atom. The highest BCUT2D eigenvalue weighted by atomic mass is 32.1. The summed E-state index contributed by atoms with van der Waals surface area (Å²) < 4.78 is 0. The number of carbonyl (C=O) groups is 7. The van der Waals surface area contributed by atoms with Crippen LogP contribution in [0.2, 0.25) is 0 Å².